The predicted molar refractivity (Wildman–Crippen MR) is 160 cm³/mol. The van der Waals surface area contributed by atoms with E-state index >= 15 is 0 Å². The molecule has 6 rings (SSSR count). The van der Waals surface area contributed by atoms with Crippen LogP contribution in [0.4, 0.5) is 0 Å². The minimum atomic E-state index is -0.242. The number of aromatic nitrogens is 7. The van der Waals surface area contributed by atoms with Crippen molar-refractivity contribution in [2.24, 2.45) is 0 Å². The number of H-pyrrole nitrogens is 2. The van der Waals surface area contributed by atoms with E-state index in [1.165, 1.54) is 28.9 Å². The highest BCUT2D eigenvalue weighted by Gasteiger charge is 2.17. The number of carbonyl (C=O) groups is 1. The quantitative estimate of drug-likeness (QED) is 0.181. The number of fused-ring (bicyclic) bond motifs is 1. The first-order valence-corrected chi connectivity index (χ1v) is 14.3. The van der Waals surface area contributed by atoms with Crippen LogP contribution in [0.15, 0.2) is 66.4 Å². The minimum absolute atomic E-state index is 0.242. The number of imidazole rings is 1. The molecule has 0 aliphatic heterocycles. The Kier molecular flexibility index (Phi) is 7.61. The third-order valence-electron chi connectivity index (χ3n) is 7.05. The second-order valence-corrected chi connectivity index (χ2v) is 10.2. The average Bonchev–Trinajstić information content (AvgIpc) is 3.80. The number of pyridine rings is 1. The zero-order valence-electron chi connectivity index (χ0n) is 22.7. The van der Waals surface area contributed by atoms with Crippen LogP contribution >= 0.6 is 11.5 Å². The van der Waals surface area contributed by atoms with Gasteiger partial charge in [0, 0.05) is 47.4 Å². The van der Waals surface area contributed by atoms with E-state index in [-0.39, 0.29) is 5.91 Å². The second kappa shape index (κ2) is 11.8. The molecule has 0 saturated heterocycles. The fraction of sp³-hybridized carbons (Fsp3) is 0.200. The average molecular weight is 564 g/mol. The summed E-state index contributed by atoms with van der Waals surface area (Å²) in [5.74, 6) is 0.280. The fourth-order valence-corrected chi connectivity index (χ4v) is 5.35. The van der Waals surface area contributed by atoms with Gasteiger partial charge in [-0.25, -0.2) is 4.98 Å². The predicted octanol–water partition coefficient (Wildman–Crippen LogP) is 5.14. The van der Waals surface area contributed by atoms with Gasteiger partial charge in [0.15, 0.2) is 5.82 Å². The molecule has 6 aromatic rings. The molecule has 2 aromatic carbocycles. The Hall–Kier alpha value is -4.74. The topological polar surface area (TPSA) is 137 Å². The van der Waals surface area contributed by atoms with Crippen molar-refractivity contribution < 1.29 is 4.79 Å². The maximum absolute atomic E-state index is 12.9. The number of aromatic amines is 2. The molecule has 1 amide bonds. The molecule has 0 spiro atoms. The van der Waals surface area contributed by atoms with Crippen molar-refractivity contribution in [1.82, 2.24) is 45.4 Å². The maximum atomic E-state index is 12.9. The lowest BCUT2D eigenvalue weighted by Gasteiger charge is -2.13. The van der Waals surface area contributed by atoms with Crippen LogP contribution in [0.3, 0.4) is 0 Å². The van der Waals surface area contributed by atoms with Crippen LogP contribution in [0.5, 0.6) is 0 Å². The summed E-state index contributed by atoms with van der Waals surface area (Å²) in [5, 5.41) is 20.9. The zero-order valence-corrected chi connectivity index (χ0v) is 23.5. The van der Waals surface area contributed by atoms with E-state index in [0.717, 1.165) is 58.4 Å². The third-order valence-corrected chi connectivity index (χ3v) is 7.55. The summed E-state index contributed by atoms with van der Waals surface area (Å²) in [7, 11) is 0. The van der Waals surface area contributed by atoms with Crippen LogP contribution in [-0.2, 0) is 19.5 Å². The van der Waals surface area contributed by atoms with Crippen LogP contribution < -0.4 is 10.6 Å². The van der Waals surface area contributed by atoms with Crippen LogP contribution in [0, 0.1) is 0 Å². The van der Waals surface area contributed by atoms with Crippen LogP contribution in [0.25, 0.3) is 44.8 Å². The van der Waals surface area contributed by atoms with E-state index < -0.39 is 0 Å². The molecule has 0 saturated carbocycles. The SMILES string of the molecule is CCNCc1cncc(-c2ccc3[nH]nc(-c4ncc(C(=O)NCc5ccc(-c6csnn6)cc5)[nH]4)c3c2)c1CC. The van der Waals surface area contributed by atoms with Crippen LogP contribution in [0.2, 0.25) is 0 Å². The lowest BCUT2D eigenvalue weighted by molar-refractivity contribution is 0.0946. The molecule has 0 bridgehead atoms. The lowest BCUT2D eigenvalue weighted by atomic mass is 9.95. The van der Waals surface area contributed by atoms with Gasteiger partial charge in [-0.15, -0.1) is 5.10 Å². The molecule has 0 unspecified atom stereocenters. The van der Waals surface area contributed by atoms with E-state index in [9.17, 15) is 4.79 Å². The minimum Gasteiger partial charge on any atom is -0.347 e. The Morgan fingerprint density at radius 3 is 2.63 bits per heavy atom. The highest BCUT2D eigenvalue weighted by molar-refractivity contribution is 7.03. The van der Waals surface area contributed by atoms with Crippen LogP contribution in [-0.4, -0.2) is 47.2 Å². The summed E-state index contributed by atoms with van der Waals surface area (Å²) in [6, 6.07) is 14.1. The van der Waals surface area contributed by atoms with E-state index in [0.29, 0.717) is 23.8 Å². The summed E-state index contributed by atoms with van der Waals surface area (Å²) in [6.07, 6.45) is 6.31. The summed E-state index contributed by atoms with van der Waals surface area (Å²) in [5.41, 5.74) is 9.36. The van der Waals surface area contributed by atoms with Gasteiger partial charge in [-0.2, -0.15) is 5.10 Å². The van der Waals surface area contributed by atoms with Gasteiger partial charge in [-0.05, 0) is 58.9 Å². The van der Waals surface area contributed by atoms with Crippen molar-refractivity contribution in [3.05, 3.63) is 88.8 Å². The normalized spacial score (nSPS) is 11.3. The number of hydrogen-bond acceptors (Lipinski definition) is 8. The number of rotatable bonds is 10. The molecular formula is C30H29N9OS. The summed E-state index contributed by atoms with van der Waals surface area (Å²) in [6.45, 7) is 6.34. The first-order valence-electron chi connectivity index (χ1n) is 13.5. The Bertz CT molecular complexity index is 1790. The van der Waals surface area contributed by atoms with Gasteiger partial charge in [0.2, 0.25) is 0 Å². The number of nitrogens with zero attached hydrogens (tertiary/aromatic N) is 5. The van der Waals surface area contributed by atoms with Crippen molar-refractivity contribution in [2.75, 3.05) is 6.54 Å². The number of hydrogen-bond donors (Lipinski definition) is 4. The lowest BCUT2D eigenvalue weighted by Crippen LogP contribution is -2.23. The Morgan fingerprint density at radius 1 is 1.00 bits per heavy atom. The molecule has 4 aromatic heterocycles. The van der Waals surface area contributed by atoms with E-state index in [2.05, 4.69) is 71.4 Å². The van der Waals surface area contributed by atoms with Crippen molar-refractivity contribution in [2.45, 2.75) is 33.4 Å². The number of amides is 1. The monoisotopic (exact) mass is 563 g/mol. The summed E-state index contributed by atoms with van der Waals surface area (Å²) < 4.78 is 3.90. The second-order valence-electron chi connectivity index (χ2n) is 9.61. The molecule has 0 fully saturated rings. The first kappa shape index (κ1) is 26.5. The smallest absolute Gasteiger partial charge is 0.269 e. The zero-order chi connectivity index (χ0) is 28.2. The molecule has 11 heteroatoms. The number of carbonyl (C=O) groups excluding carboxylic acids is 1. The molecular weight excluding hydrogens is 534 g/mol. The van der Waals surface area contributed by atoms with E-state index in [4.69, 9.17) is 0 Å². The highest BCUT2D eigenvalue weighted by atomic mass is 32.1. The largest absolute Gasteiger partial charge is 0.347 e. The van der Waals surface area contributed by atoms with Gasteiger partial charge in [0.25, 0.3) is 5.91 Å². The van der Waals surface area contributed by atoms with Crippen LogP contribution in [0.1, 0.15) is 41.0 Å². The van der Waals surface area contributed by atoms with E-state index in [1.54, 1.807) is 0 Å². The van der Waals surface area contributed by atoms with Gasteiger partial charge in [0.1, 0.15) is 17.1 Å². The molecule has 4 heterocycles. The molecule has 4 N–H and O–H groups in total. The molecule has 41 heavy (non-hydrogen) atoms. The molecule has 0 atom stereocenters. The summed E-state index contributed by atoms with van der Waals surface area (Å²) in [4.78, 5) is 25.0. The standard InChI is InChI=1S/C30H29N9OS/c1-3-22-21(13-31-4-2)14-32-15-24(22)20-9-10-25-23(11-20)28(38-36-25)29-33-16-26(35-29)30(40)34-12-18-5-7-19(8-6-18)27-17-41-39-37-27/h5-11,14-17,31H,3-4,12-13H2,1-2H3,(H,33,35)(H,34,40)(H,36,38). The number of nitrogens with one attached hydrogen (secondary N) is 4. The molecule has 0 radical (unpaired) electrons. The van der Waals surface area contributed by atoms with Crippen molar-refractivity contribution in [3.63, 3.8) is 0 Å². The molecule has 206 valence electrons. The van der Waals surface area contributed by atoms with Gasteiger partial charge in [0.05, 0.1) is 11.7 Å². The third kappa shape index (κ3) is 5.49. The van der Waals surface area contributed by atoms with Gasteiger partial charge >= 0.3 is 0 Å². The Balaban J connectivity index is 1.20. The van der Waals surface area contributed by atoms with Gasteiger partial charge in [-0.3, -0.25) is 14.9 Å². The molecule has 0 aliphatic carbocycles. The van der Waals surface area contributed by atoms with E-state index in [1.807, 2.05) is 48.1 Å². The fourth-order valence-electron chi connectivity index (χ4n) is 4.89. The Labute approximate surface area is 240 Å². The van der Waals surface area contributed by atoms with Gasteiger partial charge < -0.3 is 15.6 Å². The molecule has 0 aliphatic rings. The van der Waals surface area contributed by atoms with Crippen molar-refractivity contribution in [3.8, 4) is 33.9 Å². The highest BCUT2D eigenvalue weighted by Crippen LogP contribution is 2.32. The van der Waals surface area contributed by atoms with Gasteiger partial charge in [-0.1, -0.05) is 48.7 Å². The van der Waals surface area contributed by atoms with Crippen molar-refractivity contribution in [1.29, 1.82) is 0 Å². The Morgan fingerprint density at radius 2 is 1.85 bits per heavy atom. The number of benzene rings is 2. The first-order chi connectivity index (χ1) is 20.1. The maximum Gasteiger partial charge on any atom is 0.269 e. The molecule has 10 nitrogen and oxygen atoms in total. The van der Waals surface area contributed by atoms with Crippen molar-refractivity contribution >= 4 is 28.3 Å². The summed E-state index contributed by atoms with van der Waals surface area (Å²) >= 11 is 1.32.